The summed E-state index contributed by atoms with van der Waals surface area (Å²) in [5, 5.41) is 0. The van der Waals surface area contributed by atoms with Gasteiger partial charge in [0.25, 0.3) is 0 Å². The second kappa shape index (κ2) is 6.49. The standard InChI is InChI=1S/C22H21N3/c1-13-9-14(2)11-18(10-13)22-17(5)25-20(12-24-22)19-8-7-15(3)21(23-6)16(19)4/h7-12H,1-5H3. The van der Waals surface area contributed by atoms with Gasteiger partial charge in [0.1, 0.15) is 0 Å². The van der Waals surface area contributed by atoms with E-state index in [4.69, 9.17) is 11.6 Å². The highest BCUT2D eigenvalue weighted by Crippen LogP contribution is 2.33. The van der Waals surface area contributed by atoms with Gasteiger partial charge in [0.05, 0.1) is 29.9 Å². The van der Waals surface area contributed by atoms with E-state index in [1.54, 1.807) is 0 Å². The molecule has 0 saturated heterocycles. The van der Waals surface area contributed by atoms with Crippen LogP contribution in [0.25, 0.3) is 27.4 Å². The van der Waals surface area contributed by atoms with E-state index in [-0.39, 0.29) is 0 Å². The van der Waals surface area contributed by atoms with Crippen molar-refractivity contribution >= 4 is 5.69 Å². The number of benzene rings is 2. The van der Waals surface area contributed by atoms with E-state index >= 15 is 0 Å². The molecule has 3 nitrogen and oxygen atoms in total. The average Bonchev–Trinajstić information content (AvgIpc) is 2.54. The van der Waals surface area contributed by atoms with E-state index in [2.05, 4.69) is 41.9 Å². The Bertz CT molecular complexity index is 990. The lowest BCUT2D eigenvalue weighted by Gasteiger charge is -2.12. The van der Waals surface area contributed by atoms with Gasteiger partial charge >= 0.3 is 0 Å². The van der Waals surface area contributed by atoms with E-state index in [0.29, 0.717) is 5.69 Å². The minimum absolute atomic E-state index is 0.704. The van der Waals surface area contributed by atoms with Gasteiger partial charge in [0, 0.05) is 5.56 Å². The van der Waals surface area contributed by atoms with Crippen molar-refractivity contribution in [2.75, 3.05) is 0 Å². The number of aromatic nitrogens is 2. The zero-order valence-electron chi connectivity index (χ0n) is 15.3. The minimum atomic E-state index is 0.704. The van der Waals surface area contributed by atoms with Gasteiger partial charge in [-0.3, -0.25) is 4.98 Å². The van der Waals surface area contributed by atoms with Crippen LogP contribution in [0.3, 0.4) is 0 Å². The summed E-state index contributed by atoms with van der Waals surface area (Å²) in [6.45, 7) is 17.5. The van der Waals surface area contributed by atoms with Gasteiger partial charge in [0.15, 0.2) is 5.69 Å². The van der Waals surface area contributed by atoms with Gasteiger partial charge in [0.2, 0.25) is 0 Å². The molecule has 0 spiro atoms. The van der Waals surface area contributed by atoms with E-state index in [1.807, 2.05) is 39.1 Å². The molecular formula is C22H21N3. The smallest absolute Gasteiger partial charge is 0.193 e. The summed E-state index contributed by atoms with van der Waals surface area (Å²) >= 11 is 0. The van der Waals surface area contributed by atoms with Crippen LogP contribution in [0.2, 0.25) is 0 Å². The van der Waals surface area contributed by atoms with E-state index in [9.17, 15) is 0 Å². The van der Waals surface area contributed by atoms with Crippen molar-refractivity contribution in [3.8, 4) is 22.5 Å². The maximum Gasteiger partial charge on any atom is 0.193 e. The third kappa shape index (κ3) is 3.16. The number of nitrogens with zero attached hydrogens (tertiary/aromatic N) is 3. The van der Waals surface area contributed by atoms with Crippen molar-refractivity contribution in [1.29, 1.82) is 0 Å². The highest BCUT2D eigenvalue weighted by Gasteiger charge is 2.13. The first-order valence-electron chi connectivity index (χ1n) is 8.31. The van der Waals surface area contributed by atoms with Gasteiger partial charge < -0.3 is 0 Å². The summed E-state index contributed by atoms with van der Waals surface area (Å²) < 4.78 is 0. The van der Waals surface area contributed by atoms with Crippen molar-refractivity contribution in [1.82, 2.24) is 9.97 Å². The van der Waals surface area contributed by atoms with Crippen LogP contribution in [0.1, 0.15) is 27.9 Å². The molecule has 3 rings (SSSR count). The third-order valence-electron chi connectivity index (χ3n) is 4.46. The maximum atomic E-state index is 7.40. The second-order valence-electron chi connectivity index (χ2n) is 6.58. The van der Waals surface area contributed by atoms with Crippen LogP contribution in [0.5, 0.6) is 0 Å². The van der Waals surface area contributed by atoms with Gasteiger partial charge in [-0.15, -0.1) is 0 Å². The normalized spacial score (nSPS) is 10.6. The quantitative estimate of drug-likeness (QED) is 0.548. The molecule has 0 aliphatic heterocycles. The largest absolute Gasteiger partial charge is 0.252 e. The summed E-state index contributed by atoms with van der Waals surface area (Å²) in [5.74, 6) is 0. The summed E-state index contributed by atoms with van der Waals surface area (Å²) in [5.41, 5.74) is 9.78. The molecule has 0 aliphatic rings. The molecular weight excluding hydrogens is 306 g/mol. The first-order valence-corrected chi connectivity index (χ1v) is 8.31. The van der Waals surface area contributed by atoms with Crippen LogP contribution < -0.4 is 0 Å². The van der Waals surface area contributed by atoms with Crippen molar-refractivity contribution in [2.24, 2.45) is 0 Å². The molecule has 3 heteroatoms. The lowest BCUT2D eigenvalue weighted by molar-refractivity contribution is 1.12. The number of hydrogen-bond acceptors (Lipinski definition) is 2. The van der Waals surface area contributed by atoms with Crippen molar-refractivity contribution in [3.63, 3.8) is 0 Å². The van der Waals surface area contributed by atoms with Gasteiger partial charge in [-0.2, -0.15) is 0 Å². The molecule has 0 atom stereocenters. The Hall–Kier alpha value is -2.99. The molecule has 25 heavy (non-hydrogen) atoms. The summed E-state index contributed by atoms with van der Waals surface area (Å²) in [4.78, 5) is 13.1. The topological polar surface area (TPSA) is 30.1 Å². The fourth-order valence-corrected chi connectivity index (χ4v) is 3.29. The summed E-state index contributed by atoms with van der Waals surface area (Å²) in [6, 6.07) is 10.4. The maximum absolute atomic E-state index is 7.40. The molecule has 0 N–H and O–H groups in total. The fraction of sp³-hybridized carbons (Fsp3) is 0.227. The molecule has 1 aromatic heterocycles. The number of hydrogen-bond donors (Lipinski definition) is 0. The first kappa shape index (κ1) is 16.9. The van der Waals surface area contributed by atoms with Crippen LogP contribution in [-0.2, 0) is 0 Å². The highest BCUT2D eigenvalue weighted by molar-refractivity contribution is 5.75. The van der Waals surface area contributed by atoms with Crippen LogP contribution in [-0.4, -0.2) is 9.97 Å². The number of rotatable bonds is 2. The average molecular weight is 327 g/mol. The monoisotopic (exact) mass is 327 g/mol. The molecule has 0 bridgehead atoms. The minimum Gasteiger partial charge on any atom is -0.252 e. The van der Waals surface area contributed by atoms with E-state index in [0.717, 1.165) is 39.3 Å². The van der Waals surface area contributed by atoms with Crippen molar-refractivity contribution in [3.05, 3.63) is 75.9 Å². The van der Waals surface area contributed by atoms with Gasteiger partial charge in [-0.25, -0.2) is 9.83 Å². The third-order valence-corrected chi connectivity index (χ3v) is 4.46. The fourth-order valence-electron chi connectivity index (χ4n) is 3.29. The molecule has 0 saturated carbocycles. The van der Waals surface area contributed by atoms with E-state index < -0.39 is 0 Å². The SMILES string of the molecule is [C-]#[N+]c1c(C)ccc(-c2cnc(-c3cc(C)cc(C)c3)c(C)n2)c1C. The predicted molar refractivity (Wildman–Crippen MR) is 103 cm³/mol. The zero-order chi connectivity index (χ0) is 18.1. The molecule has 0 amide bonds. The van der Waals surface area contributed by atoms with Crippen molar-refractivity contribution in [2.45, 2.75) is 34.6 Å². The Kier molecular flexibility index (Phi) is 4.37. The Morgan fingerprint density at radius 3 is 2.20 bits per heavy atom. The molecule has 3 aromatic rings. The van der Waals surface area contributed by atoms with Crippen LogP contribution in [0, 0.1) is 41.2 Å². The second-order valence-corrected chi connectivity index (χ2v) is 6.58. The van der Waals surface area contributed by atoms with Crippen LogP contribution in [0.15, 0.2) is 36.5 Å². The molecule has 0 unspecified atom stereocenters. The Balaban J connectivity index is 2.11. The molecule has 2 aromatic carbocycles. The van der Waals surface area contributed by atoms with Gasteiger partial charge in [-0.1, -0.05) is 29.3 Å². The van der Waals surface area contributed by atoms with Crippen LogP contribution in [0.4, 0.5) is 5.69 Å². The summed E-state index contributed by atoms with van der Waals surface area (Å²) in [6.07, 6.45) is 1.81. The molecule has 124 valence electrons. The lowest BCUT2D eigenvalue weighted by Crippen LogP contribution is -1.97. The Labute approximate surface area is 149 Å². The number of aryl methyl sites for hydroxylation is 4. The molecule has 0 aliphatic carbocycles. The van der Waals surface area contributed by atoms with Crippen LogP contribution >= 0.6 is 0 Å². The van der Waals surface area contributed by atoms with Gasteiger partial charge in [-0.05, 0) is 63.4 Å². The highest BCUT2D eigenvalue weighted by atomic mass is 14.8. The molecule has 0 fully saturated rings. The predicted octanol–water partition coefficient (Wildman–Crippen LogP) is 5.90. The van der Waals surface area contributed by atoms with Crippen molar-refractivity contribution < 1.29 is 0 Å². The van der Waals surface area contributed by atoms with E-state index in [1.165, 1.54) is 11.1 Å². The molecule has 1 heterocycles. The molecule has 0 radical (unpaired) electrons. The summed E-state index contributed by atoms with van der Waals surface area (Å²) in [7, 11) is 0. The lowest BCUT2D eigenvalue weighted by atomic mass is 10.00. The Morgan fingerprint density at radius 1 is 0.920 bits per heavy atom. The first-order chi connectivity index (χ1) is 11.9. The Morgan fingerprint density at radius 2 is 1.60 bits per heavy atom. The zero-order valence-corrected chi connectivity index (χ0v) is 15.3.